The van der Waals surface area contributed by atoms with Crippen molar-refractivity contribution in [3.63, 3.8) is 0 Å². The Bertz CT molecular complexity index is 488. The number of nitrogens with zero attached hydrogens (tertiary/aromatic N) is 1. The van der Waals surface area contributed by atoms with Crippen molar-refractivity contribution >= 4 is 17.1 Å². The van der Waals surface area contributed by atoms with Gasteiger partial charge in [-0.1, -0.05) is 0 Å². The van der Waals surface area contributed by atoms with Crippen LogP contribution in [0.15, 0.2) is 29.0 Å². The molecule has 76 valence electrons. The van der Waals surface area contributed by atoms with E-state index in [9.17, 15) is 4.79 Å². The van der Waals surface area contributed by atoms with E-state index in [1.165, 1.54) is 11.3 Å². The number of rotatable bonds is 2. The van der Waals surface area contributed by atoms with E-state index in [0.29, 0.717) is 5.56 Å². The molecule has 0 aliphatic rings. The first-order chi connectivity index (χ1) is 7.18. The summed E-state index contributed by atoms with van der Waals surface area (Å²) < 4.78 is 0. The molecule has 0 fully saturated rings. The predicted molar refractivity (Wildman–Crippen MR) is 61.5 cm³/mol. The minimum Gasteiger partial charge on any atom is -0.289 e. The van der Waals surface area contributed by atoms with Crippen LogP contribution in [-0.2, 0) is 0 Å². The van der Waals surface area contributed by atoms with E-state index in [1.807, 2.05) is 42.8 Å². The summed E-state index contributed by atoms with van der Waals surface area (Å²) in [4.78, 5) is 16.3. The Morgan fingerprint density at radius 1 is 1.27 bits per heavy atom. The van der Waals surface area contributed by atoms with Crippen molar-refractivity contribution in [1.29, 1.82) is 0 Å². The number of hydrogen-bond donors (Lipinski definition) is 0. The summed E-state index contributed by atoms with van der Waals surface area (Å²) in [6.07, 6.45) is 0. The van der Waals surface area contributed by atoms with Crippen LogP contribution in [0.5, 0.6) is 0 Å². The van der Waals surface area contributed by atoms with Crippen LogP contribution in [0, 0.1) is 13.8 Å². The highest BCUT2D eigenvalue weighted by Gasteiger charge is 2.12. The number of carbonyl (C=O) groups is 1. The minimum absolute atomic E-state index is 0.0567. The Morgan fingerprint density at radius 3 is 2.67 bits per heavy atom. The molecule has 0 N–H and O–H groups in total. The SMILES string of the molecule is Cc1ccc(C(=O)c2ccsc2)c(C)n1. The molecule has 0 aliphatic carbocycles. The van der Waals surface area contributed by atoms with Gasteiger partial charge in [-0.05, 0) is 37.4 Å². The van der Waals surface area contributed by atoms with Gasteiger partial charge in [0.25, 0.3) is 0 Å². The first-order valence-electron chi connectivity index (χ1n) is 4.69. The Hall–Kier alpha value is -1.48. The van der Waals surface area contributed by atoms with Crippen molar-refractivity contribution in [3.05, 3.63) is 51.5 Å². The van der Waals surface area contributed by atoms with Crippen LogP contribution in [0.4, 0.5) is 0 Å². The van der Waals surface area contributed by atoms with Crippen molar-refractivity contribution < 1.29 is 4.79 Å². The van der Waals surface area contributed by atoms with Gasteiger partial charge in [0.15, 0.2) is 5.78 Å². The van der Waals surface area contributed by atoms with Crippen LogP contribution >= 0.6 is 11.3 Å². The fraction of sp³-hybridized carbons (Fsp3) is 0.167. The van der Waals surface area contributed by atoms with E-state index in [1.54, 1.807) is 0 Å². The zero-order chi connectivity index (χ0) is 10.8. The molecule has 0 aliphatic heterocycles. The van der Waals surface area contributed by atoms with Crippen LogP contribution < -0.4 is 0 Å². The monoisotopic (exact) mass is 217 g/mol. The summed E-state index contributed by atoms with van der Waals surface area (Å²) >= 11 is 1.53. The molecule has 15 heavy (non-hydrogen) atoms. The van der Waals surface area contributed by atoms with Crippen molar-refractivity contribution in [3.8, 4) is 0 Å². The van der Waals surface area contributed by atoms with Crippen molar-refractivity contribution in [2.45, 2.75) is 13.8 Å². The zero-order valence-electron chi connectivity index (χ0n) is 8.65. The second-order valence-electron chi connectivity index (χ2n) is 3.43. The maximum Gasteiger partial charge on any atom is 0.195 e. The molecule has 2 heterocycles. The predicted octanol–water partition coefficient (Wildman–Crippen LogP) is 2.99. The summed E-state index contributed by atoms with van der Waals surface area (Å²) in [5.74, 6) is 0.0567. The fourth-order valence-corrected chi connectivity index (χ4v) is 2.11. The molecule has 0 saturated heterocycles. The van der Waals surface area contributed by atoms with Crippen LogP contribution in [-0.4, -0.2) is 10.8 Å². The van der Waals surface area contributed by atoms with Crippen molar-refractivity contribution in [2.75, 3.05) is 0 Å². The number of aromatic nitrogens is 1. The molecule has 0 radical (unpaired) electrons. The molecule has 3 heteroatoms. The number of carbonyl (C=O) groups excluding carboxylic acids is 1. The van der Waals surface area contributed by atoms with Gasteiger partial charge in [0.05, 0.1) is 0 Å². The molecule has 0 spiro atoms. The van der Waals surface area contributed by atoms with Crippen LogP contribution in [0.2, 0.25) is 0 Å². The Morgan fingerprint density at radius 2 is 2.07 bits per heavy atom. The second kappa shape index (κ2) is 3.95. The summed E-state index contributed by atoms with van der Waals surface area (Å²) in [5, 5.41) is 3.77. The Balaban J connectivity index is 2.42. The minimum atomic E-state index is 0.0567. The smallest absolute Gasteiger partial charge is 0.195 e. The average molecular weight is 217 g/mol. The van der Waals surface area contributed by atoms with Gasteiger partial charge in [0.1, 0.15) is 0 Å². The third-order valence-corrected chi connectivity index (χ3v) is 2.94. The Kier molecular flexibility index (Phi) is 2.64. The average Bonchev–Trinajstić information content (AvgIpc) is 2.69. The van der Waals surface area contributed by atoms with Crippen molar-refractivity contribution in [1.82, 2.24) is 4.98 Å². The van der Waals surface area contributed by atoms with Gasteiger partial charge in [-0.3, -0.25) is 9.78 Å². The maximum absolute atomic E-state index is 12.0. The van der Waals surface area contributed by atoms with Gasteiger partial charge in [0.2, 0.25) is 0 Å². The number of pyridine rings is 1. The summed E-state index contributed by atoms with van der Waals surface area (Å²) in [5.41, 5.74) is 3.17. The molecule has 0 bridgehead atoms. The van der Waals surface area contributed by atoms with E-state index >= 15 is 0 Å². The molecule has 2 aromatic heterocycles. The molecule has 0 amide bonds. The van der Waals surface area contributed by atoms with E-state index < -0.39 is 0 Å². The first kappa shape index (κ1) is 10.1. The van der Waals surface area contributed by atoms with Gasteiger partial charge >= 0.3 is 0 Å². The van der Waals surface area contributed by atoms with Gasteiger partial charge in [-0.15, -0.1) is 0 Å². The zero-order valence-corrected chi connectivity index (χ0v) is 9.47. The maximum atomic E-state index is 12.0. The lowest BCUT2D eigenvalue weighted by molar-refractivity contribution is 0.103. The molecule has 2 rings (SSSR count). The van der Waals surface area contributed by atoms with Crippen LogP contribution in [0.1, 0.15) is 27.3 Å². The lowest BCUT2D eigenvalue weighted by Gasteiger charge is -2.03. The topological polar surface area (TPSA) is 30.0 Å². The highest BCUT2D eigenvalue weighted by molar-refractivity contribution is 7.08. The lowest BCUT2D eigenvalue weighted by atomic mass is 10.0. The van der Waals surface area contributed by atoms with Gasteiger partial charge < -0.3 is 0 Å². The second-order valence-corrected chi connectivity index (χ2v) is 4.21. The van der Waals surface area contributed by atoms with Crippen molar-refractivity contribution in [2.24, 2.45) is 0 Å². The molecular formula is C12H11NOS. The molecule has 0 saturated carbocycles. The first-order valence-corrected chi connectivity index (χ1v) is 5.64. The number of ketones is 1. The van der Waals surface area contributed by atoms with Crippen LogP contribution in [0.3, 0.4) is 0 Å². The molecular weight excluding hydrogens is 206 g/mol. The number of hydrogen-bond acceptors (Lipinski definition) is 3. The molecule has 0 atom stereocenters. The summed E-state index contributed by atoms with van der Waals surface area (Å²) in [7, 11) is 0. The van der Waals surface area contributed by atoms with E-state index in [2.05, 4.69) is 4.98 Å². The standard InChI is InChI=1S/C12H11NOS/c1-8-3-4-11(9(2)13-8)12(14)10-5-6-15-7-10/h3-7H,1-2H3. The number of aryl methyl sites for hydroxylation is 2. The van der Waals surface area contributed by atoms with E-state index in [0.717, 1.165) is 17.0 Å². The normalized spacial score (nSPS) is 10.3. The highest BCUT2D eigenvalue weighted by Crippen LogP contribution is 2.15. The van der Waals surface area contributed by atoms with E-state index in [-0.39, 0.29) is 5.78 Å². The highest BCUT2D eigenvalue weighted by atomic mass is 32.1. The third-order valence-electron chi connectivity index (χ3n) is 2.25. The molecule has 2 nitrogen and oxygen atoms in total. The summed E-state index contributed by atoms with van der Waals surface area (Å²) in [6.45, 7) is 3.79. The fourth-order valence-electron chi connectivity index (χ4n) is 1.48. The van der Waals surface area contributed by atoms with Gasteiger partial charge in [-0.2, -0.15) is 11.3 Å². The largest absolute Gasteiger partial charge is 0.289 e. The number of thiophene rings is 1. The molecule has 0 aromatic carbocycles. The third kappa shape index (κ3) is 1.97. The van der Waals surface area contributed by atoms with Gasteiger partial charge in [0, 0.05) is 27.9 Å². The quantitative estimate of drug-likeness (QED) is 0.724. The Labute approximate surface area is 92.6 Å². The van der Waals surface area contributed by atoms with E-state index in [4.69, 9.17) is 0 Å². The lowest BCUT2D eigenvalue weighted by Crippen LogP contribution is -2.04. The summed E-state index contributed by atoms with van der Waals surface area (Å²) in [6, 6.07) is 5.55. The van der Waals surface area contributed by atoms with Gasteiger partial charge in [-0.25, -0.2) is 0 Å². The molecule has 0 unspecified atom stereocenters. The van der Waals surface area contributed by atoms with Crippen LogP contribution in [0.25, 0.3) is 0 Å². The molecule has 2 aromatic rings.